The van der Waals surface area contributed by atoms with Crippen LogP contribution in [0.3, 0.4) is 0 Å². The molecule has 7 nitrogen and oxygen atoms in total. The van der Waals surface area contributed by atoms with Gasteiger partial charge in [-0.2, -0.15) is 0 Å². The molecule has 8 heteroatoms. The lowest BCUT2D eigenvalue weighted by molar-refractivity contribution is 0.355. The predicted octanol–water partition coefficient (Wildman–Crippen LogP) is 1.99. The molecule has 1 aromatic carbocycles. The number of aromatic amines is 3. The van der Waals surface area contributed by atoms with Gasteiger partial charge in [-0.1, -0.05) is 0 Å². The molecule has 21 heavy (non-hydrogen) atoms. The summed E-state index contributed by atoms with van der Waals surface area (Å²) in [6, 6.07) is 5.37. The van der Waals surface area contributed by atoms with Gasteiger partial charge in [-0.15, -0.1) is 0 Å². The highest BCUT2D eigenvalue weighted by Gasteiger charge is 2.11. The van der Waals surface area contributed by atoms with Crippen LogP contribution in [0.2, 0.25) is 0 Å². The van der Waals surface area contributed by atoms with Crippen LogP contribution in [-0.2, 0) is 0 Å². The Balaban J connectivity index is 2.19. The molecular formula is C13H12N4O3S. The fourth-order valence-corrected chi connectivity index (χ4v) is 2.24. The summed E-state index contributed by atoms with van der Waals surface area (Å²) in [5.74, 6) is 1.74. The van der Waals surface area contributed by atoms with E-state index in [9.17, 15) is 4.79 Å². The van der Waals surface area contributed by atoms with E-state index in [-0.39, 0.29) is 10.3 Å². The average molecular weight is 304 g/mol. The largest absolute Gasteiger partial charge is 0.493 e. The Labute approximate surface area is 124 Å². The van der Waals surface area contributed by atoms with Crippen molar-refractivity contribution in [2.75, 3.05) is 14.2 Å². The molecule has 0 bridgehead atoms. The van der Waals surface area contributed by atoms with Crippen LogP contribution in [-0.4, -0.2) is 34.2 Å². The van der Waals surface area contributed by atoms with Crippen molar-refractivity contribution in [1.29, 1.82) is 0 Å². The normalized spacial score (nSPS) is 10.8. The van der Waals surface area contributed by atoms with Crippen molar-refractivity contribution in [3.05, 3.63) is 33.3 Å². The average Bonchev–Trinajstić information content (AvgIpc) is 2.90. The number of ether oxygens (including phenoxy) is 2. The fourth-order valence-electron chi connectivity index (χ4n) is 2.05. The van der Waals surface area contributed by atoms with Crippen LogP contribution < -0.4 is 15.0 Å². The monoisotopic (exact) mass is 304 g/mol. The van der Waals surface area contributed by atoms with E-state index in [4.69, 9.17) is 21.7 Å². The molecule has 0 aliphatic carbocycles. The number of benzene rings is 1. The molecule has 0 radical (unpaired) electrons. The van der Waals surface area contributed by atoms with Crippen LogP contribution >= 0.6 is 12.2 Å². The summed E-state index contributed by atoms with van der Waals surface area (Å²) in [5, 5.41) is 0. The molecular weight excluding hydrogens is 292 g/mol. The molecule has 108 valence electrons. The smallest absolute Gasteiger partial charge is 0.277 e. The first kappa shape index (κ1) is 13.4. The van der Waals surface area contributed by atoms with Crippen LogP contribution in [0.5, 0.6) is 11.5 Å². The van der Waals surface area contributed by atoms with Crippen LogP contribution in [0.1, 0.15) is 0 Å². The van der Waals surface area contributed by atoms with E-state index in [1.165, 1.54) is 0 Å². The molecule has 0 saturated carbocycles. The van der Waals surface area contributed by atoms with Gasteiger partial charge in [-0.25, -0.2) is 4.98 Å². The number of hydrogen-bond acceptors (Lipinski definition) is 5. The van der Waals surface area contributed by atoms with Gasteiger partial charge in [0.25, 0.3) is 5.56 Å². The number of imidazole rings is 1. The molecule has 2 heterocycles. The van der Waals surface area contributed by atoms with Crippen molar-refractivity contribution < 1.29 is 9.47 Å². The lowest BCUT2D eigenvalue weighted by Gasteiger charge is -2.08. The molecule has 3 rings (SSSR count). The maximum atomic E-state index is 11.8. The fraction of sp³-hybridized carbons (Fsp3) is 0.154. The van der Waals surface area contributed by atoms with Crippen LogP contribution in [0, 0.1) is 4.77 Å². The molecule has 0 spiro atoms. The Bertz CT molecular complexity index is 925. The van der Waals surface area contributed by atoms with Gasteiger partial charge < -0.3 is 19.4 Å². The zero-order chi connectivity index (χ0) is 15.0. The van der Waals surface area contributed by atoms with E-state index >= 15 is 0 Å². The Morgan fingerprint density at radius 2 is 1.86 bits per heavy atom. The number of hydrogen-bond donors (Lipinski definition) is 3. The van der Waals surface area contributed by atoms with E-state index in [1.54, 1.807) is 26.4 Å². The van der Waals surface area contributed by atoms with Crippen molar-refractivity contribution >= 4 is 23.4 Å². The number of methoxy groups -OCH3 is 2. The van der Waals surface area contributed by atoms with Crippen molar-refractivity contribution in [1.82, 2.24) is 19.9 Å². The van der Waals surface area contributed by atoms with E-state index in [0.29, 0.717) is 28.5 Å². The number of nitrogens with one attached hydrogen (secondary N) is 3. The number of fused-ring (bicyclic) bond motifs is 1. The minimum atomic E-state index is -0.312. The molecule has 0 amide bonds. The van der Waals surface area contributed by atoms with E-state index in [1.807, 2.05) is 6.07 Å². The van der Waals surface area contributed by atoms with Crippen molar-refractivity contribution in [3.8, 4) is 22.9 Å². The van der Waals surface area contributed by atoms with Gasteiger partial charge in [0.05, 0.1) is 14.2 Å². The molecule has 3 N–H and O–H groups in total. The minimum absolute atomic E-state index is 0.234. The Morgan fingerprint density at radius 1 is 1.10 bits per heavy atom. The minimum Gasteiger partial charge on any atom is -0.493 e. The van der Waals surface area contributed by atoms with Gasteiger partial charge >= 0.3 is 0 Å². The Morgan fingerprint density at radius 3 is 2.57 bits per heavy atom. The van der Waals surface area contributed by atoms with Crippen LogP contribution in [0.25, 0.3) is 22.6 Å². The van der Waals surface area contributed by atoms with Gasteiger partial charge in [-0.3, -0.25) is 9.78 Å². The molecule has 0 aliphatic heterocycles. The van der Waals surface area contributed by atoms with Crippen LogP contribution in [0.4, 0.5) is 0 Å². The first-order chi connectivity index (χ1) is 10.1. The summed E-state index contributed by atoms with van der Waals surface area (Å²) < 4.78 is 10.7. The van der Waals surface area contributed by atoms with E-state index < -0.39 is 0 Å². The number of H-pyrrole nitrogens is 3. The van der Waals surface area contributed by atoms with Gasteiger partial charge in [0.15, 0.2) is 21.9 Å². The lowest BCUT2D eigenvalue weighted by atomic mass is 10.2. The Hall–Kier alpha value is -2.61. The molecule has 0 unspecified atom stereocenters. The Kier molecular flexibility index (Phi) is 3.22. The maximum Gasteiger partial charge on any atom is 0.277 e. The molecule has 0 saturated heterocycles. The second kappa shape index (κ2) is 5.06. The van der Waals surface area contributed by atoms with Gasteiger partial charge in [0.2, 0.25) is 0 Å². The topological polar surface area (TPSA) is 95.8 Å². The third-order valence-electron chi connectivity index (χ3n) is 3.05. The van der Waals surface area contributed by atoms with Crippen LogP contribution in [0.15, 0.2) is 23.0 Å². The highest BCUT2D eigenvalue weighted by Crippen LogP contribution is 2.31. The quantitative estimate of drug-likeness (QED) is 0.643. The third kappa shape index (κ3) is 2.29. The SMILES string of the molecule is COc1ccc(-c2nc3[nH]c(=S)[nH]c(=O)c3[nH]2)cc1OC. The first-order valence-corrected chi connectivity index (χ1v) is 6.48. The molecule has 3 aromatic rings. The van der Waals surface area contributed by atoms with Gasteiger partial charge in [0, 0.05) is 5.56 Å². The first-order valence-electron chi connectivity index (χ1n) is 6.07. The second-order valence-electron chi connectivity index (χ2n) is 4.29. The zero-order valence-electron chi connectivity index (χ0n) is 11.3. The number of aromatic nitrogens is 4. The number of nitrogens with zero attached hydrogens (tertiary/aromatic N) is 1. The highest BCUT2D eigenvalue weighted by molar-refractivity contribution is 7.71. The van der Waals surface area contributed by atoms with E-state index in [2.05, 4.69) is 19.9 Å². The molecule has 0 fully saturated rings. The lowest BCUT2D eigenvalue weighted by Crippen LogP contribution is -2.07. The summed E-state index contributed by atoms with van der Waals surface area (Å²) in [6.45, 7) is 0. The molecule has 0 atom stereocenters. The third-order valence-corrected chi connectivity index (χ3v) is 3.25. The van der Waals surface area contributed by atoms with Crippen molar-refractivity contribution in [2.45, 2.75) is 0 Å². The maximum absolute atomic E-state index is 11.8. The predicted molar refractivity (Wildman–Crippen MR) is 80.4 cm³/mol. The van der Waals surface area contributed by atoms with Crippen molar-refractivity contribution in [3.63, 3.8) is 0 Å². The summed E-state index contributed by atoms with van der Waals surface area (Å²) >= 11 is 4.92. The molecule has 2 aromatic heterocycles. The zero-order valence-corrected chi connectivity index (χ0v) is 12.1. The second-order valence-corrected chi connectivity index (χ2v) is 4.70. The van der Waals surface area contributed by atoms with Crippen molar-refractivity contribution in [2.24, 2.45) is 0 Å². The summed E-state index contributed by atoms with van der Waals surface area (Å²) in [5.41, 5.74) is 1.21. The summed E-state index contributed by atoms with van der Waals surface area (Å²) in [7, 11) is 3.13. The van der Waals surface area contributed by atoms with E-state index in [0.717, 1.165) is 5.56 Å². The summed E-state index contributed by atoms with van der Waals surface area (Å²) in [6.07, 6.45) is 0. The van der Waals surface area contributed by atoms with Gasteiger partial charge in [-0.05, 0) is 30.4 Å². The van der Waals surface area contributed by atoms with Gasteiger partial charge in [0.1, 0.15) is 11.3 Å². The number of rotatable bonds is 3. The summed E-state index contributed by atoms with van der Waals surface area (Å²) in [4.78, 5) is 24.5. The molecule has 0 aliphatic rings. The standard InChI is InChI=1S/C13H12N4O3S/c1-19-7-4-3-6(5-8(7)20-2)10-14-9-11(15-10)16-13(21)17-12(9)18/h3-5H,1-2H3,(H3,14,15,16,17,18,21). The highest BCUT2D eigenvalue weighted by atomic mass is 32.1.